The fourth-order valence-electron chi connectivity index (χ4n) is 3.28. The first kappa shape index (κ1) is 19.4. The predicted molar refractivity (Wildman–Crippen MR) is 110 cm³/mol. The standard InChI is InChI=1S/C20H25N3O3S/c1-4-6-13(3)23-19-17(20(25)22-23)18(27-12-16(24)21-19)14-7-9-15(10-8-14)26-11-5-2/h5,7-10,13,18H,2,4,6,11-12H2,1,3H3,(H,21,24)(H,22,25)/t13-,18+/m1/s1. The molecule has 1 aliphatic rings. The highest BCUT2D eigenvalue weighted by Gasteiger charge is 2.31. The molecule has 0 saturated carbocycles. The van der Waals surface area contributed by atoms with Crippen LogP contribution in [-0.2, 0) is 4.79 Å². The quantitative estimate of drug-likeness (QED) is 0.707. The maximum absolute atomic E-state index is 12.8. The molecule has 3 rings (SSSR count). The van der Waals surface area contributed by atoms with Gasteiger partial charge in [0.05, 0.1) is 16.6 Å². The van der Waals surface area contributed by atoms with Crippen LogP contribution in [-0.4, -0.2) is 28.0 Å². The largest absolute Gasteiger partial charge is 0.490 e. The number of fused-ring (bicyclic) bond motifs is 1. The van der Waals surface area contributed by atoms with E-state index in [1.807, 2.05) is 31.2 Å². The highest BCUT2D eigenvalue weighted by molar-refractivity contribution is 8.00. The lowest BCUT2D eigenvalue weighted by Gasteiger charge is -2.17. The van der Waals surface area contributed by atoms with Crippen molar-refractivity contribution in [2.75, 3.05) is 17.7 Å². The third-order valence-corrected chi connectivity index (χ3v) is 5.83. The average Bonchev–Trinajstić information content (AvgIpc) is 2.87. The lowest BCUT2D eigenvalue weighted by molar-refractivity contribution is -0.113. The number of ether oxygens (including phenoxy) is 1. The maximum atomic E-state index is 12.8. The maximum Gasteiger partial charge on any atom is 0.270 e. The number of hydrogen-bond donors (Lipinski definition) is 2. The van der Waals surface area contributed by atoms with Crippen molar-refractivity contribution in [2.24, 2.45) is 0 Å². The number of amides is 1. The molecule has 1 aromatic carbocycles. The zero-order chi connectivity index (χ0) is 19.4. The average molecular weight is 388 g/mol. The molecular formula is C20H25N3O3S. The fraction of sp³-hybridized carbons (Fsp3) is 0.400. The minimum Gasteiger partial charge on any atom is -0.490 e. The van der Waals surface area contributed by atoms with Crippen LogP contribution >= 0.6 is 11.8 Å². The van der Waals surface area contributed by atoms with E-state index < -0.39 is 0 Å². The lowest BCUT2D eigenvalue weighted by Crippen LogP contribution is -2.18. The van der Waals surface area contributed by atoms with E-state index in [0.29, 0.717) is 23.7 Å². The molecule has 0 fully saturated rings. The van der Waals surface area contributed by atoms with Crippen LogP contribution in [0.3, 0.4) is 0 Å². The minimum absolute atomic E-state index is 0.0915. The summed E-state index contributed by atoms with van der Waals surface area (Å²) in [5, 5.41) is 5.63. The van der Waals surface area contributed by atoms with Crippen molar-refractivity contribution >= 4 is 23.5 Å². The summed E-state index contributed by atoms with van der Waals surface area (Å²) >= 11 is 1.46. The van der Waals surface area contributed by atoms with E-state index in [1.54, 1.807) is 10.8 Å². The molecule has 0 saturated heterocycles. The van der Waals surface area contributed by atoms with Crippen LogP contribution in [0.15, 0.2) is 41.7 Å². The van der Waals surface area contributed by atoms with Crippen molar-refractivity contribution in [2.45, 2.75) is 38.0 Å². The number of nitrogens with one attached hydrogen (secondary N) is 2. The Morgan fingerprint density at radius 2 is 2.11 bits per heavy atom. The molecule has 1 aliphatic heterocycles. The van der Waals surface area contributed by atoms with Crippen molar-refractivity contribution in [3.8, 4) is 5.75 Å². The summed E-state index contributed by atoms with van der Waals surface area (Å²) in [5.74, 6) is 1.55. The minimum atomic E-state index is -0.216. The fourth-order valence-corrected chi connectivity index (χ4v) is 4.40. The summed E-state index contributed by atoms with van der Waals surface area (Å²) in [5.41, 5.74) is 1.42. The number of aromatic nitrogens is 2. The number of anilines is 1. The lowest BCUT2D eigenvalue weighted by atomic mass is 10.1. The second-order valence-corrected chi connectivity index (χ2v) is 7.71. The Labute approximate surface area is 163 Å². The normalized spacial score (nSPS) is 17.6. The molecule has 2 atom stereocenters. The van der Waals surface area contributed by atoms with Gasteiger partial charge in [0.15, 0.2) is 0 Å². The molecule has 27 heavy (non-hydrogen) atoms. The number of aromatic amines is 1. The molecule has 1 amide bonds. The Balaban J connectivity index is 2.00. The SMILES string of the molecule is C=CCOc1ccc([C@@H]2SCC(=O)Nc3c2c(=O)[nH]n3[C@H](C)CCC)cc1. The summed E-state index contributed by atoms with van der Waals surface area (Å²) in [6.45, 7) is 8.23. The molecule has 1 aromatic heterocycles. The van der Waals surface area contributed by atoms with Gasteiger partial charge < -0.3 is 10.1 Å². The Bertz CT molecular complexity index is 870. The zero-order valence-electron chi connectivity index (χ0n) is 15.7. The van der Waals surface area contributed by atoms with Gasteiger partial charge in [0.25, 0.3) is 5.56 Å². The van der Waals surface area contributed by atoms with Crippen molar-refractivity contribution in [3.63, 3.8) is 0 Å². The number of thioether (sulfide) groups is 1. The van der Waals surface area contributed by atoms with Crippen molar-refractivity contribution < 1.29 is 9.53 Å². The van der Waals surface area contributed by atoms with E-state index >= 15 is 0 Å². The third kappa shape index (κ3) is 4.13. The zero-order valence-corrected chi connectivity index (χ0v) is 16.5. The van der Waals surface area contributed by atoms with Gasteiger partial charge in [0.2, 0.25) is 5.91 Å². The molecule has 0 aliphatic carbocycles. The highest BCUT2D eigenvalue weighted by atomic mass is 32.2. The third-order valence-electron chi connectivity index (χ3n) is 4.56. The van der Waals surface area contributed by atoms with Crippen LogP contribution in [0.4, 0.5) is 5.82 Å². The number of carbonyl (C=O) groups is 1. The van der Waals surface area contributed by atoms with Gasteiger partial charge in [-0.15, -0.1) is 11.8 Å². The van der Waals surface area contributed by atoms with Gasteiger partial charge in [-0.05, 0) is 31.0 Å². The van der Waals surface area contributed by atoms with Gasteiger partial charge >= 0.3 is 0 Å². The number of hydrogen-bond acceptors (Lipinski definition) is 4. The van der Waals surface area contributed by atoms with Crippen LogP contribution in [0.2, 0.25) is 0 Å². The van der Waals surface area contributed by atoms with Gasteiger partial charge in [0.1, 0.15) is 18.2 Å². The molecule has 144 valence electrons. The van der Waals surface area contributed by atoms with Crippen molar-refractivity contribution in [3.05, 3.63) is 58.4 Å². The van der Waals surface area contributed by atoms with Gasteiger partial charge in [-0.25, -0.2) is 0 Å². The van der Waals surface area contributed by atoms with Crippen molar-refractivity contribution in [1.82, 2.24) is 9.78 Å². The van der Waals surface area contributed by atoms with E-state index in [0.717, 1.165) is 24.2 Å². The monoisotopic (exact) mass is 387 g/mol. The summed E-state index contributed by atoms with van der Waals surface area (Å²) < 4.78 is 7.34. The number of rotatable bonds is 7. The number of H-pyrrole nitrogens is 1. The molecule has 2 heterocycles. The number of carbonyl (C=O) groups excluding carboxylic acids is 1. The summed E-state index contributed by atoms with van der Waals surface area (Å²) in [6.07, 6.45) is 3.60. The molecule has 7 heteroatoms. The second-order valence-electron chi connectivity index (χ2n) is 6.62. The smallest absolute Gasteiger partial charge is 0.270 e. The second kappa shape index (κ2) is 8.52. The predicted octanol–water partition coefficient (Wildman–Crippen LogP) is 3.88. The topological polar surface area (TPSA) is 76.1 Å². The molecule has 6 nitrogen and oxygen atoms in total. The van der Waals surface area contributed by atoms with Gasteiger partial charge in [0, 0.05) is 6.04 Å². The highest BCUT2D eigenvalue weighted by Crippen LogP contribution is 2.40. The molecule has 2 N–H and O–H groups in total. The van der Waals surface area contributed by atoms with Crippen LogP contribution < -0.4 is 15.6 Å². The Hall–Kier alpha value is -2.41. The Morgan fingerprint density at radius 1 is 1.37 bits per heavy atom. The van der Waals surface area contributed by atoms with E-state index in [2.05, 4.69) is 23.9 Å². The van der Waals surface area contributed by atoms with E-state index in [-0.39, 0.29) is 22.8 Å². The van der Waals surface area contributed by atoms with Gasteiger partial charge in [-0.2, -0.15) is 0 Å². The summed E-state index contributed by atoms with van der Waals surface area (Å²) in [6, 6.07) is 7.75. The molecular weight excluding hydrogens is 362 g/mol. The van der Waals surface area contributed by atoms with Crippen LogP contribution in [0, 0.1) is 0 Å². The van der Waals surface area contributed by atoms with Crippen LogP contribution in [0.25, 0.3) is 0 Å². The van der Waals surface area contributed by atoms with Gasteiger partial charge in [-0.1, -0.05) is 38.1 Å². The van der Waals surface area contributed by atoms with Crippen LogP contribution in [0.1, 0.15) is 49.1 Å². The number of benzene rings is 1. The van der Waals surface area contributed by atoms with E-state index in [1.165, 1.54) is 11.8 Å². The summed E-state index contributed by atoms with van der Waals surface area (Å²) in [7, 11) is 0. The van der Waals surface area contributed by atoms with Crippen LogP contribution in [0.5, 0.6) is 5.75 Å². The molecule has 0 unspecified atom stereocenters. The molecule has 0 radical (unpaired) electrons. The van der Waals surface area contributed by atoms with E-state index in [4.69, 9.17) is 4.74 Å². The Morgan fingerprint density at radius 3 is 2.78 bits per heavy atom. The molecule has 0 spiro atoms. The number of nitrogens with zero attached hydrogens (tertiary/aromatic N) is 1. The van der Waals surface area contributed by atoms with Gasteiger partial charge in [-0.3, -0.25) is 19.4 Å². The van der Waals surface area contributed by atoms with E-state index in [9.17, 15) is 9.59 Å². The molecule has 2 aromatic rings. The van der Waals surface area contributed by atoms with Crippen molar-refractivity contribution in [1.29, 1.82) is 0 Å². The molecule has 0 bridgehead atoms. The first-order valence-electron chi connectivity index (χ1n) is 9.14. The Kier molecular flexibility index (Phi) is 6.11. The first-order valence-corrected chi connectivity index (χ1v) is 10.2. The summed E-state index contributed by atoms with van der Waals surface area (Å²) in [4.78, 5) is 25.0. The first-order chi connectivity index (χ1) is 13.0.